The lowest BCUT2D eigenvalue weighted by Crippen LogP contribution is -2.40. The number of aliphatic hydroxyl groups is 1. The maximum atomic E-state index is 12.1. The summed E-state index contributed by atoms with van der Waals surface area (Å²) in [4.78, 5) is 22.1. The summed E-state index contributed by atoms with van der Waals surface area (Å²) in [6, 6.07) is 3.66. The van der Waals surface area contributed by atoms with Gasteiger partial charge in [0.2, 0.25) is 0 Å². The van der Waals surface area contributed by atoms with Gasteiger partial charge in [-0.25, -0.2) is 0 Å². The van der Waals surface area contributed by atoms with Crippen molar-refractivity contribution in [3.8, 4) is 0 Å². The van der Waals surface area contributed by atoms with Gasteiger partial charge in [-0.2, -0.15) is 0 Å². The fraction of sp³-hybridized carbons (Fsp3) is 0.533. The Bertz CT molecular complexity index is 558. The van der Waals surface area contributed by atoms with Gasteiger partial charge in [0, 0.05) is 18.7 Å². The monoisotopic (exact) mass is 328 g/mol. The molecule has 0 aliphatic carbocycles. The van der Waals surface area contributed by atoms with Crippen LogP contribution in [0.4, 0.5) is 5.69 Å². The van der Waals surface area contributed by atoms with E-state index in [-0.39, 0.29) is 22.8 Å². The number of carbonyl (C=O) groups excluding carboxylic acids is 1. The lowest BCUT2D eigenvalue weighted by atomic mass is 9.95. The van der Waals surface area contributed by atoms with Crippen LogP contribution in [0.15, 0.2) is 18.2 Å². The number of rotatable bonds is 7. The van der Waals surface area contributed by atoms with E-state index in [9.17, 15) is 20.0 Å². The number of halogens is 1. The van der Waals surface area contributed by atoms with Crippen molar-refractivity contribution in [3.63, 3.8) is 0 Å². The van der Waals surface area contributed by atoms with E-state index in [0.717, 1.165) is 12.5 Å². The summed E-state index contributed by atoms with van der Waals surface area (Å²) in [7, 11) is 0. The Morgan fingerprint density at radius 3 is 2.64 bits per heavy atom. The van der Waals surface area contributed by atoms with Gasteiger partial charge >= 0.3 is 0 Å². The fourth-order valence-corrected chi connectivity index (χ4v) is 2.12. The van der Waals surface area contributed by atoms with Gasteiger partial charge in [-0.3, -0.25) is 14.9 Å². The van der Waals surface area contributed by atoms with Crippen LogP contribution in [0.2, 0.25) is 5.02 Å². The largest absolute Gasteiger partial charge is 0.388 e. The molecule has 122 valence electrons. The summed E-state index contributed by atoms with van der Waals surface area (Å²) in [5.41, 5.74) is -1.04. The van der Waals surface area contributed by atoms with Crippen molar-refractivity contribution >= 4 is 23.2 Å². The lowest BCUT2D eigenvalue weighted by molar-refractivity contribution is -0.384. The molecule has 1 unspecified atom stereocenters. The van der Waals surface area contributed by atoms with E-state index >= 15 is 0 Å². The second-order valence-corrected chi connectivity index (χ2v) is 6.44. The Kier molecular flexibility index (Phi) is 6.32. The van der Waals surface area contributed by atoms with Crippen LogP contribution in [0.3, 0.4) is 0 Å². The fourth-order valence-electron chi connectivity index (χ4n) is 1.86. The van der Waals surface area contributed by atoms with Crippen LogP contribution >= 0.6 is 11.6 Å². The maximum Gasteiger partial charge on any atom is 0.270 e. The van der Waals surface area contributed by atoms with E-state index in [2.05, 4.69) is 19.2 Å². The summed E-state index contributed by atoms with van der Waals surface area (Å²) in [5.74, 6) is -0.00369. The van der Waals surface area contributed by atoms with Gasteiger partial charge in [0.1, 0.15) is 0 Å². The normalized spacial score (nSPS) is 13.7. The number of nitro groups is 1. The summed E-state index contributed by atoms with van der Waals surface area (Å²) >= 11 is 5.89. The van der Waals surface area contributed by atoms with Gasteiger partial charge < -0.3 is 10.4 Å². The molecule has 0 aliphatic rings. The number of hydrogen-bond donors (Lipinski definition) is 2. The molecule has 0 aliphatic heterocycles. The molecular formula is C15H21ClN2O4. The van der Waals surface area contributed by atoms with Crippen molar-refractivity contribution < 1.29 is 14.8 Å². The van der Waals surface area contributed by atoms with Crippen LogP contribution in [-0.4, -0.2) is 28.1 Å². The quantitative estimate of drug-likeness (QED) is 0.594. The van der Waals surface area contributed by atoms with Gasteiger partial charge in [-0.05, 0) is 31.7 Å². The highest BCUT2D eigenvalue weighted by molar-refractivity contribution is 6.34. The highest BCUT2D eigenvalue weighted by Gasteiger charge is 2.22. The van der Waals surface area contributed by atoms with Crippen LogP contribution in [0.5, 0.6) is 0 Å². The minimum atomic E-state index is -1.01. The van der Waals surface area contributed by atoms with Crippen molar-refractivity contribution in [1.82, 2.24) is 5.32 Å². The molecular weight excluding hydrogens is 308 g/mol. The van der Waals surface area contributed by atoms with Gasteiger partial charge in [-0.15, -0.1) is 0 Å². The van der Waals surface area contributed by atoms with E-state index in [1.54, 1.807) is 6.92 Å². The second kappa shape index (κ2) is 7.56. The summed E-state index contributed by atoms with van der Waals surface area (Å²) in [6.45, 7) is 5.87. The van der Waals surface area contributed by atoms with Crippen molar-refractivity contribution in [1.29, 1.82) is 0 Å². The highest BCUT2D eigenvalue weighted by atomic mass is 35.5. The third-order valence-corrected chi connectivity index (χ3v) is 3.61. The maximum absolute atomic E-state index is 12.1. The average molecular weight is 329 g/mol. The van der Waals surface area contributed by atoms with Crippen LogP contribution in [0.25, 0.3) is 0 Å². The van der Waals surface area contributed by atoms with Gasteiger partial charge in [0.05, 0.1) is 21.1 Å². The number of carbonyl (C=O) groups is 1. The molecule has 0 radical (unpaired) electrons. The topological polar surface area (TPSA) is 92.5 Å². The first kappa shape index (κ1) is 18.4. The first-order chi connectivity index (χ1) is 10.1. The van der Waals surface area contributed by atoms with Gasteiger partial charge in [-0.1, -0.05) is 25.4 Å². The molecule has 1 rings (SSSR count). The molecule has 1 atom stereocenters. The van der Waals surface area contributed by atoms with Gasteiger partial charge in [0.25, 0.3) is 11.6 Å². The zero-order valence-corrected chi connectivity index (χ0v) is 13.7. The zero-order valence-electron chi connectivity index (χ0n) is 12.9. The number of hydrogen-bond acceptors (Lipinski definition) is 4. The van der Waals surface area contributed by atoms with E-state index in [1.807, 2.05) is 0 Å². The molecule has 2 N–H and O–H groups in total. The number of amides is 1. The molecule has 7 heteroatoms. The lowest BCUT2D eigenvalue weighted by Gasteiger charge is -2.24. The average Bonchev–Trinajstić information content (AvgIpc) is 2.42. The van der Waals surface area contributed by atoms with E-state index in [4.69, 9.17) is 11.6 Å². The summed E-state index contributed by atoms with van der Waals surface area (Å²) < 4.78 is 0. The van der Waals surface area contributed by atoms with Gasteiger partial charge in [0.15, 0.2) is 0 Å². The molecule has 0 bridgehead atoms. The predicted octanol–water partition coefficient (Wildman–Crippen LogP) is 3.17. The number of benzene rings is 1. The predicted molar refractivity (Wildman–Crippen MR) is 85.1 cm³/mol. The molecule has 0 spiro atoms. The number of non-ortho nitro benzene ring substituents is 1. The molecule has 0 saturated heterocycles. The van der Waals surface area contributed by atoms with Crippen molar-refractivity contribution in [2.24, 2.45) is 5.92 Å². The Hall–Kier alpha value is -1.66. The molecule has 0 aromatic heterocycles. The van der Waals surface area contributed by atoms with E-state index in [1.165, 1.54) is 12.1 Å². The highest BCUT2D eigenvalue weighted by Crippen LogP contribution is 2.22. The minimum Gasteiger partial charge on any atom is -0.388 e. The molecule has 0 fully saturated rings. The Morgan fingerprint density at radius 1 is 1.50 bits per heavy atom. The number of nitro benzene ring substituents is 1. The first-order valence-corrected chi connectivity index (χ1v) is 7.45. The van der Waals surface area contributed by atoms with Crippen LogP contribution < -0.4 is 5.32 Å². The van der Waals surface area contributed by atoms with Crippen LogP contribution in [-0.2, 0) is 0 Å². The Morgan fingerprint density at radius 2 is 2.14 bits per heavy atom. The molecule has 0 saturated carbocycles. The zero-order chi connectivity index (χ0) is 16.9. The second-order valence-electron chi connectivity index (χ2n) is 6.03. The Balaban J connectivity index is 2.68. The Labute approximate surface area is 134 Å². The molecule has 22 heavy (non-hydrogen) atoms. The van der Waals surface area contributed by atoms with Crippen molar-refractivity contribution in [2.45, 2.75) is 39.2 Å². The van der Waals surface area contributed by atoms with Crippen LogP contribution in [0.1, 0.15) is 44.0 Å². The third kappa shape index (κ3) is 5.61. The number of nitrogens with zero attached hydrogens (tertiary/aromatic N) is 1. The van der Waals surface area contributed by atoms with Crippen molar-refractivity contribution in [2.75, 3.05) is 6.54 Å². The molecule has 1 aromatic carbocycles. The van der Waals surface area contributed by atoms with E-state index < -0.39 is 16.4 Å². The smallest absolute Gasteiger partial charge is 0.270 e. The summed E-state index contributed by atoms with van der Waals surface area (Å²) in [5, 5.41) is 23.5. The molecule has 1 aromatic rings. The van der Waals surface area contributed by atoms with Crippen LogP contribution in [0, 0.1) is 16.0 Å². The third-order valence-electron chi connectivity index (χ3n) is 3.30. The van der Waals surface area contributed by atoms with Crippen molar-refractivity contribution in [3.05, 3.63) is 38.9 Å². The minimum absolute atomic E-state index is 0.00789. The summed E-state index contributed by atoms with van der Waals surface area (Å²) in [6.07, 6.45) is 1.42. The number of nitrogens with one attached hydrogen (secondary N) is 1. The molecule has 1 amide bonds. The first-order valence-electron chi connectivity index (χ1n) is 7.07. The SMILES string of the molecule is CC(C)CCC(C)(O)CNC(=O)c1ccc([N+](=O)[O-])cc1Cl. The molecule has 6 nitrogen and oxygen atoms in total. The molecule has 0 heterocycles. The standard InChI is InChI=1S/C15H21ClN2O4/c1-10(2)6-7-15(3,20)9-17-14(19)12-5-4-11(18(21)22)8-13(12)16/h4-5,8,10,20H,6-7,9H2,1-3H3,(H,17,19). The van der Waals surface area contributed by atoms with E-state index in [0.29, 0.717) is 12.3 Å².